The summed E-state index contributed by atoms with van der Waals surface area (Å²) in [6, 6.07) is 12.8. The number of nitrogens with one attached hydrogen (secondary N) is 1. The van der Waals surface area contributed by atoms with Crippen LogP contribution < -0.4 is 10.1 Å². The van der Waals surface area contributed by atoms with Crippen LogP contribution in [0.4, 0.5) is 4.39 Å². The van der Waals surface area contributed by atoms with E-state index in [0.717, 1.165) is 15.8 Å². The summed E-state index contributed by atoms with van der Waals surface area (Å²) in [7, 11) is 3.51. The molecule has 0 saturated heterocycles. The Morgan fingerprint density at radius 1 is 1.25 bits per heavy atom. The number of halogens is 2. The van der Waals surface area contributed by atoms with E-state index in [9.17, 15) is 4.39 Å². The average Bonchev–Trinajstić information content (AvgIpc) is 2.48. The lowest BCUT2D eigenvalue weighted by atomic mass is 9.98. The highest BCUT2D eigenvalue weighted by atomic mass is 79.9. The lowest BCUT2D eigenvalue weighted by molar-refractivity contribution is 0.400. The minimum Gasteiger partial charge on any atom is -0.496 e. The van der Waals surface area contributed by atoms with Crippen LogP contribution in [-0.2, 0) is 6.42 Å². The molecule has 0 saturated carbocycles. The highest BCUT2D eigenvalue weighted by Gasteiger charge is 2.16. The van der Waals surface area contributed by atoms with Crippen LogP contribution in [0.25, 0.3) is 0 Å². The van der Waals surface area contributed by atoms with Crippen LogP contribution in [0.2, 0.25) is 0 Å². The Morgan fingerprint density at radius 2 is 2.00 bits per heavy atom. The standard InChI is InChI=1S/C16H17BrFNO/c1-19-15(13-5-3-4-6-16(13)20-2)10-11-9-12(17)7-8-14(11)18/h3-9,15,19H,10H2,1-2H3. The quantitative estimate of drug-likeness (QED) is 0.886. The zero-order chi connectivity index (χ0) is 14.5. The van der Waals surface area contributed by atoms with Gasteiger partial charge in [0.1, 0.15) is 11.6 Å². The van der Waals surface area contributed by atoms with Gasteiger partial charge in [0, 0.05) is 16.1 Å². The first-order valence-corrected chi connectivity index (χ1v) is 7.19. The van der Waals surface area contributed by atoms with Crippen molar-refractivity contribution in [3.63, 3.8) is 0 Å². The number of hydrogen-bond donors (Lipinski definition) is 1. The smallest absolute Gasteiger partial charge is 0.126 e. The van der Waals surface area contributed by atoms with E-state index < -0.39 is 0 Å². The molecule has 0 aliphatic carbocycles. The molecule has 0 fully saturated rings. The number of methoxy groups -OCH3 is 1. The predicted octanol–water partition coefficient (Wildman–Crippen LogP) is 4.10. The van der Waals surface area contributed by atoms with Crippen LogP contribution in [0, 0.1) is 5.82 Å². The van der Waals surface area contributed by atoms with Crippen LogP contribution in [0.1, 0.15) is 17.2 Å². The van der Waals surface area contributed by atoms with Gasteiger partial charge >= 0.3 is 0 Å². The summed E-state index contributed by atoms with van der Waals surface area (Å²) >= 11 is 3.38. The summed E-state index contributed by atoms with van der Waals surface area (Å²) in [5.74, 6) is 0.616. The van der Waals surface area contributed by atoms with Crippen molar-refractivity contribution in [3.05, 3.63) is 63.9 Å². The molecular weight excluding hydrogens is 321 g/mol. The molecule has 1 N–H and O–H groups in total. The lowest BCUT2D eigenvalue weighted by Gasteiger charge is -2.19. The van der Waals surface area contributed by atoms with Gasteiger partial charge in [-0.1, -0.05) is 34.1 Å². The van der Waals surface area contributed by atoms with E-state index in [0.29, 0.717) is 12.0 Å². The number of para-hydroxylation sites is 1. The summed E-state index contributed by atoms with van der Waals surface area (Å²) in [6.07, 6.45) is 0.558. The van der Waals surface area contributed by atoms with Crippen LogP contribution in [-0.4, -0.2) is 14.2 Å². The Hall–Kier alpha value is -1.39. The number of hydrogen-bond acceptors (Lipinski definition) is 2. The average molecular weight is 338 g/mol. The minimum absolute atomic E-state index is 0.00468. The third kappa shape index (κ3) is 3.38. The molecule has 2 aromatic carbocycles. The summed E-state index contributed by atoms with van der Waals surface area (Å²) in [5, 5.41) is 3.23. The van der Waals surface area contributed by atoms with E-state index in [1.54, 1.807) is 13.2 Å². The maximum atomic E-state index is 13.9. The molecule has 20 heavy (non-hydrogen) atoms. The van der Waals surface area contributed by atoms with Crippen LogP contribution in [0.15, 0.2) is 46.9 Å². The molecule has 4 heteroatoms. The van der Waals surface area contributed by atoms with Gasteiger partial charge in [-0.05, 0) is 43.3 Å². The van der Waals surface area contributed by atoms with Crippen molar-refractivity contribution >= 4 is 15.9 Å². The molecule has 106 valence electrons. The first-order valence-electron chi connectivity index (χ1n) is 6.39. The fraction of sp³-hybridized carbons (Fsp3) is 0.250. The Kier molecular flexibility index (Phi) is 5.15. The van der Waals surface area contributed by atoms with Crippen molar-refractivity contribution in [1.82, 2.24) is 5.32 Å². The molecule has 0 aliphatic rings. The second-order valence-corrected chi connectivity index (χ2v) is 5.44. The van der Waals surface area contributed by atoms with Gasteiger partial charge in [-0.2, -0.15) is 0 Å². The van der Waals surface area contributed by atoms with E-state index in [4.69, 9.17) is 4.74 Å². The Labute approximate surface area is 127 Å². The number of ether oxygens (including phenoxy) is 1. The zero-order valence-electron chi connectivity index (χ0n) is 11.5. The third-order valence-electron chi connectivity index (χ3n) is 3.29. The molecule has 1 unspecified atom stereocenters. The van der Waals surface area contributed by atoms with Crippen LogP contribution >= 0.6 is 15.9 Å². The Morgan fingerprint density at radius 3 is 2.70 bits per heavy atom. The molecule has 0 aliphatic heterocycles. The number of rotatable bonds is 5. The second-order valence-electron chi connectivity index (χ2n) is 4.52. The maximum Gasteiger partial charge on any atom is 0.126 e. The minimum atomic E-state index is -0.191. The largest absolute Gasteiger partial charge is 0.496 e. The van der Waals surface area contributed by atoms with Gasteiger partial charge in [-0.3, -0.25) is 0 Å². The normalized spacial score (nSPS) is 12.2. The van der Waals surface area contributed by atoms with Crippen LogP contribution in [0.5, 0.6) is 5.75 Å². The van der Waals surface area contributed by atoms with E-state index >= 15 is 0 Å². The predicted molar refractivity (Wildman–Crippen MR) is 82.6 cm³/mol. The molecule has 0 bridgehead atoms. The van der Waals surface area contributed by atoms with Crippen LogP contribution in [0.3, 0.4) is 0 Å². The van der Waals surface area contributed by atoms with Gasteiger partial charge in [0.25, 0.3) is 0 Å². The van der Waals surface area contributed by atoms with Gasteiger partial charge in [0.2, 0.25) is 0 Å². The monoisotopic (exact) mass is 337 g/mol. The SMILES string of the molecule is CNC(Cc1cc(Br)ccc1F)c1ccccc1OC. The fourth-order valence-electron chi connectivity index (χ4n) is 2.24. The number of benzene rings is 2. The highest BCUT2D eigenvalue weighted by molar-refractivity contribution is 9.10. The molecule has 2 rings (SSSR count). The van der Waals surface area contributed by atoms with Crippen molar-refractivity contribution in [1.29, 1.82) is 0 Å². The topological polar surface area (TPSA) is 21.3 Å². The lowest BCUT2D eigenvalue weighted by Crippen LogP contribution is -2.20. The van der Waals surface area contributed by atoms with Crippen molar-refractivity contribution < 1.29 is 9.13 Å². The van der Waals surface area contributed by atoms with E-state index in [1.807, 2.05) is 37.4 Å². The van der Waals surface area contributed by atoms with E-state index in [-0.39, 0.29) is 11.9 Å². The first kappa shape index (κ1) is 15.0. The molecule has 0 aromatic heterocycles. The van der Waals surface area contributed by atoms with Crippen molar-refractivity contribution in [2.45, 2.75) is 12.5 Å². The van der Waals surface area contributed by atoms with Crippen molar-refractivity contribution in [3.8, 4) is 5.75 Å². The molecular formula is C16H17BrFNO. The summed E-state index contributed by atoms with van der Waals surface area (Å²) in [6.45, 7) is 0. The maximum absolute atomic E-state index is 13.9. The molecule has 0 amide bonds. The third-order valence-corrected chi connectivity index (χ3v) is 3.79. The molecule has 0 radical (unpaired) electrons. The fourth-order valence-corrected chi connectivity index (χ4v) is 2.65. The summed E-state index contributed by atoms with van der Waals surface area (Å²) < 4.78 is 20.1. The zero-order valence-corrected chi connectivity index (χ0v) is 13.1. The van der Waals surface area contributed by atoms with Gasteiger partial charge in [-0.25, -0.2) is 4.39 Å². The Balaban J connectivity index is 2.31. The molecule has 2 nitrogen and oxygen atoms in total. The van der Waals surface area contributed by atoms with E-state index in [2.05, 4.69) is 21.2 Å². The molecule has 0 heterocycles. The van der Waals surface area contributed by atoms with Gasteiger partial charge in [0.15, 0.2) is 0 Å². The summed E-state index contributed by atoms with van der Waals surface area (Å²) in [4.78, 5) is 0. The summed E-state index contributed by atoms with van der Waals surface area (Å²) in [5.41, 5.74) is 1.70. The highest BCUT2D eigenvalue weighted by Crippen LogP contribution is 2.28. The molecule has 1 atom stereocenters. The second kappa shape index (κ2) is 6.86. The molecule has 2 aromatic rings. The van der Waals surface area contributed by atoms with E-state index in [1.165, 1.54) is 6.07 Å². The van der Waals surface area contributed by atoms with Gasteiger partial charge in [0.05, 0.1) is 7.11 Å². The van der Waals surface area contributed by atoms with Gasteiger partial charge < -0.3 is 10.1 Å². The molecule has 0 spiro atoms. The number of likely N-dealkylation sites (N-methyl/N-ethyl adjacent to an activating group) is 1. The Bertz CT molecular complexity index is 588. The first-order chi connectivity index (χ1) is 9.65. The van der Waals surface area contributed by atoms with Crippen molar-refractivity contribution in [2.24, 2.45) is 0 Å². The van der Waals surface area contributed by atoms with Crippen molar-refractivity contribution in [2.75, 3.05) is 14.2 Å². The van der Waals surface area contributed by atoms with Gasteiger partial charge in [-0.15, -0.1) is 0 Å².